The highest BCUT2D eigenvalue weighted by Crippen LogP contribution is 2.29. The van der Waals surface area contributed by atoms with Crippen molar-refractivity contribution in [1.82, 2.24) is 24.4 Å². The van der Waals surface area contributed by atoms with Crippen molar-refractivity contribution in [2.75, 3.05) is 49.9 Å². The lowest BCUT2D eigenvalue weighted by Gasteiger charge is -2.40. The van der Waals surface area contributed by atoms with Crippen molar-refractivity contribution >= 4 is 15.7 Å². The van der Waals surface area contributed by atoms with Crippen molar-refractivity contribution in [2.24, 2.45) is 0 Å². The summed E-state index contributed by atoms with van der Waals surface area (Å²) in [7, 11) is -3.13. The average molecular weight is 533 g/mol. The van der Waals surface area contributed by atoms with E-state index in [0.29, 0.717) is 39.1 Å². The normalized spacial score (nSPS) is 22.0. The minimum atomic E-state index is -3.13. The largest absolute Gasteiger partial charge is 0.382 e. The van der Waals surface area contributed by atoms with Gasteiger partial charge in [0.1, 0.15) is 29.9 Å². The number of nitrogens with zero attached hydrogens (tertiary/aromatic N) is 5. The Morgan fingerprint density at radius 1 is 1.05 bits per heavy atom. The van der Waals surface area contributed by atoms with Gasteiger partial charge in [0.2, 0.25) is 10.0 Å². The minimum Gasteiger partial charge on any atom is -0.382 e. The molecular weight excluding hydrogens is 502 g/mol. The molecule has 3 aromatic rings. The van der Waals surface area contributed by atoms with Crippen molar-refractivity contribution in [1.29, 1.82) is 0 Å². The van der Waals surface area contributed by atoms with Crippen LogP contribution in [0.15, 0.2) is 55.1 Å². The number of halogens is 2. The first-order valence-corrected chi connectivity index (χ1v) is 13.9. The number of piperazine rings is 1. The Bertz CT molecular complexity index is 1300. The number of nitrogens with one attached hydrogen (secondary N) is 1. The van der Waals surface area contributed by atoms with Crippen molar-refractivity contribution in [3.8, 4) is 0 Å². The molecule has 2 atom stereocenters. The summed E-state index contributed by atoms with van der Waals surface area (Å²) in [6.45, 7) is 3.28. The molecule has 0 amide bonds. The summed E-state index contributed by atoms with van der Waals surface area (Å²) in [6, 6.07) is 11.4. The second-order valence-corrected chi connectivity index (χ2v) is 11.7. The van der Waals surface area contributed by atoms with Crippen LogP contribution in [0.3, 0.4) is 0 Å². The maximum atomic E-state index is 14.7. The summed E-state index contributed by atoms with van der Waals surface area (Å²) in [5.74, 6) is -1.18. The van der Waals surface area contributed by atoms with Gasteiger partial charge in [-0.3, -0.25) is 4.90 Å². The molecule has 2 fully saturated rings. The zero-order valence-electron chi connectivity index (χ0n) is 20.3. The van der Waals surface area contributed by atoms with Gasteiger partial charge in [0.05, 0.1) is 12.3 Å². The van der Waals surface area contributed by atoms with E-state index in [0.717, 1.165) is 23.4 Å². The van der Waals surface area contributed by atoms with Crippen molar-refractivity contribution in [2.45, 2.75) is 24.5 Å². The third-order valence-electron chi connectivity index (χ3n) is 7.19. The van der Waals surface area contributed by atoms with Crippen LogP contribution in [0.25, 0.3) is 0 Å². The first-order chi connectivity index (χ1) is 17.7. The highest BCUT2D eigenvalue weighted by molar-refractivity contribution is 7.89. The zero-order chi connectivity index (χ0) is 26.0. The van der Waals surface area contributed by atoms with Crippen LogP contribution in [0.2, 0.25) is 0 Å². The Balaban J connectivity index is 1.23. The fourth-order valence-corrected chi connectivity index (χ4v) is 6.34. The second kappa shape index (κ2) is 10.4. The standard InChI is InChI=1S/C25H30F2N6O3S/c26-21-3-6-23(24(27)13-21)25(34,16-33-18-28-17-29-33)15-31-8-10-32(11-9-31)22-4-1-19(2-5-22)20-7-12-37(35,36)30-14-20/h1-6,13,17-18,20,30,34H,7-12,14-16H2. The predicted molar refractivity (Wildman–Crippen MR) is 135 cm³/mol. The minimum absolute atomic E-state index is 0.0193. The highest BCUT2D eigenvalue weighted by Gasteiger charge is 2.36. The summed E-state index contributed by atoms with van der Waals surface area (Å²) >= 11 is 0. The Kier molecular flexibility index (Phi) is 7.26. The van der Waals surface area contributed by atoms with Gasteiger partial charge in [-0.15, -0.1) is 0 Å². The van der Waals surface area contributed by atoms with E-state index in [1.54, 1.807) is 0 Å². The number of aromatic nitrogens is 3. The predicted octanol–water partition coefficient (Wildman–Crippen LogP) is 1.67. The lowest BCUT2D eigenvalue weighted by molar-refractivity contribution is -0.0227. The molecule has 0 aliphatic carbocycles. The first kappa shape index (κ1) is 25.7. The zero-order valence-corrected chi connectivity index (χ0v) is 21.1. The lowest BCUT2D eigenvalue weighted by atomic mass is 9.92. The quantitative estimate of drug-likeness (QED) is 0.477. The number of sulfonamides is 1. The summed E-state index contributed by atoms with van der Waals surface area (Å²) in [5, 5.41) is 15.7. The van der Waals surface area contributed by atoms with Crippen LogP contribution < -0.4 is 9.62 Å². The smallest absolute Gasteiger partial charge is 0.211 e. The van der Waals surface area contributed by atoms with Gasteiger partial charge < -0.3 is 10.0 Å². The molecule has 12 heteroatoms. The number of β-amino-alcohol motifs (C(OH)–C–C–N with tert-alkyl or cyclic N) is 1. The van der Waals surface area contributed by atoms with Crippen LogP contribution in [0.4, 0.5) is 14.5 Å². The van der Waals surface area contributed by atoms with Crippen LogP contribution in [-0.2, 0) is 22.2 Å². The van der Waals surface area contributed by atoms with Gasteiger partial charge in [0.25, 0.3) is 0 Å². The molecule has 1 aromatic heterocycles. The third kappa shape index (κ3) is 5.98. The Morgan fingerprint density at radius 3 is 2.43 bits per heavy atom. The number of benzene rings is 2. The van der Waals surface area contributed by atoms with Crippen LogP contribution in [-0.4, -0.2) is 78.2 Å². The molecule has 2 N–H and O–H groups in total. The van der Waals surface area contributed by atoms with E-state index in [4.69, 9.17) is 0 Å². The Morgan fingerprint density at radius 2 is 1.81 bits per heavy atom. The average Bonchev–Trinajstić information content (AvgIpc) is 3.37. The number of aliphatic hydroxyl groups is 1. The molecule has 0 bridgehead atoms. The van der Waals surface area contributed by atoms with Crippen molar-refractivity contribution in [3.05, 3.63) is 77.9 Å². The van der Waals surface area contributed by atoms with Crippen LogP contribution in [0.5, 0.6) is 0 Å². The SMILES string of the molecule is O=S1(=O)CCC(c2ccc(N3CCN(CC(O)(Cn4cncn4)c4ccc(F)cc4F)CC3)cc2)CN1. The maximum Gasteiger partial charge on any atom is 0.211 e. The van der Waals surface area contributed by atoms with Crippen LogP contribution in [0, 0.1) is 11.6 Å². The second-order valence-electron chi connectivity index (χ2n) is 9.76. The van der Waals surface area contributed by atoms with E-state index in [1.165, 1.54) is 23.4 Å². The number of rotatable bonds is 7. The number of hydrogen-bond donors (Lipinski definition) is 2. The molecule has 37 heavy (non-hydrogen) atoms. The van der Waals surface area contributed by atoms with Crippen LogP contribution in [0.1, 0.15) is 23.5 Å². The van der Waals surface area contributed by atoms with Gasteiger partial charge in [0.15, 0.2) is 0 Å². The monoisotopic (exact) mass is 532 g/mol. The fourth-order valence-electron chi connectivity index (χ4n) is 5.14. The molecule has 2 aromatic carbocycles. The maximum absolute atomic E-state index is 14.7. The van der Waals surface area contributed by atoms with E-state index < -0.39 is 27.3 Å². The molecule has 0 spiro atoms. The number of hydrogen-bond acceptors (Lipinski definition) is 7. The van der Waals surface area contributed by atoms with Crippen molar-refractivity contribution in [3.63, 3.8) is 0 Å². The van der Waals surface area contributed by atoms with Gasteiger partial charge in [0, 0.05) is 56.6 Å². The van der Waals surface area contributed by atoms with Gasteiger partial charge in [-0.25, -0.2) is 31.6 Å². The first-order valence-electron chi connectivity index (χ1n) is 12.3. The van der Waals surface area contributed by atoms with Crippen molar-refractivity contribution < 1.29 is 22.3 Å². The fraction of sp³-hybridized carbons (Fsp3) is 0.440. The molecule has 5 rings (SSSR count). The summed E-state index contributed by atoms with van der Waals surface area (Å²) in [5.41, 5.74) is 0.579. The van der Waals surface area contributed by atoms with E-state index >= 15 is 0 Å². The molecular formula is C25H30F2N6O3S. The summed E-state index contributed by atoms with van der Waals surface area (Å²) < 4.78 is 55.5. The Labute approximate surface area is 214 Å². The molecule has 2 aliphatic rings. The molecule has 0 saturated carbocycles. The molecule has 2 unspecified atom stereocenters. The molecule has 198 valence electrons. The molecule has 3 heterocycles. The van der Waals surface area contributed by atoms with Gasteiger partial charge in [-0.1, -0.05) is 18.2 Å². The molecule has 0 radical (unpaired) electrons. The van der Waals surface area contributed by atoms with Gasteiger partial charge in [-0.2, -0.15) is 5.10 Å². The molecule has 9 nitrogen and oxygen atoms in total. The van der Waals surface area contributed by atoms with Crippen LogP contribution >= 0.6 is 0 Å². The van der Waals surface area contributed by atoms with E-state index in [1.807, 2.05) is 0 Å². The third-order valence-corrected chi connectivity index (χ3v) is 8.57. The van der Waals surface area contributed by atoms with E-state index in [9.17, 15) is 22.3 Å². The van der Waals surface area contributed by atoms with Gasteiger partial charge in [-0.05, 0) is 36.1 Å². The van der Waals surface area contributed by atoms with E-state index in [-0.39, 0.29) is 30.3 Å². The summed E-state index contributed by atoms with van der Waals surface area (Å²) in [4.78, 5) is 8.22. The van der Waals surface area contributed by atoms with Gasteiger partial charge >= 0.3 is 0 Å². The Hall–Kier alpha value is -2.93. The lowest BCUT2D eigenvalue weighted by Crippen LogP contribution is -2.52. The molecule has 2 saturated heterocycles. The molecule has 2 aliphatic heterocycles. The topological polar surface area (TPSA) is 104 Å². The highest BCUT2D eigenvalue weighted by atomic mass is 32.2. The van der Waals surface area contributed by atoms with E-state index in [2.05, 4.69) is 48.9 Å². The number of anilines is 1. The summed E-state index contributed by atoms with van der Waals surface area (Å²) in [6.07, 6.45) is 3.41.